The minimum absolute atomic E-state index is 0.127. The fourth-order valence-electron chi connectivity index (χ4n) is 2.52. The van der Waals surface area contributed by atoms with Crippen LogP contribution in [0.25, 0.3) is 0 Å². The number of aliphatic hydroxyl groups is 1. The Balaban J connectivity index is 2.48. The number of nitrogens with one attached hydrogen (secondary N) is 1. The van der Waals surface area contributed by atoms with E-state index in [1.807, 2.05) is 30.3 Å². The van der Waals surface area contributed by atoms with Crippen LogP contribution in [-0.2, 0) is 9.53 Å². The number of aliphatic hydroxyl groups excluding tert-OH is 1. The monoisotopic (exact) mass is 304 g/mol. The molecule has 0 saturated carbocycles. The lowest BCUT2D eigenvalue weighted by molar-refractivity contribution is -0.139. The maximum Gasteiger partial charge on any atom is 0.338 e. The van der Waals surface area contributed by atoms with Gasteiger partial charge >= 0.3 is 12.0 Å². The Morgan fingerprint density at radius 3 is 2.64 bits per heavy atom. The van der Waals surface area contributed by atoms with Crippen molar-refractivity contribution in [3.05, 3.63) is 47.2 Å². The number of benzene rings is 1. The highest BCUT2D eigenvalue weighted by Gasteiger charge is 2.35. The first-order valence-electron chi connectivity index (χ1n) is 7.21. The third-order valence-electron chi connectivity index (χ3n) is 3.55. The number of hydrogen-bond acceptors (Lipinski definition) is 4. The molecular weight excluding hydrogens is 284 g/mol. The minimum atomic E-state index is -0.553. The number of urea groups is 1. The molecule has 2 N–H and O–H groups in total. The number of rotatable bonds is 5. The van der Waals surface area contributed by atoms with Gasteiger partial charge in [0.2, 0.25) is 0 Å². The molecule has 6 nitrogen and oxygen atoms in total. The zero-order chi connectivity index (χ0) is 16.1. The fourth-order valence-corrected chi connectivity index (χ4v) is 2.52. The van der Waals surface area contributed by atoms with Crippen LogP contribution in [0.4, 0.5) is 4.79 Å². The summed E-state index contributed by atoms with van der Waals surface area (Å²) in [6, 6.07) is 8.36. The first-order valence-corrected chi connectivity index (χ1v) is 7.21. The second kappa shape index (κ2) is 7.09. The third-order valence-corrected chi connectivity index (χ3v) is 3.55. The molecular formula is C16H20N2O4. The van der Waals surface area contributed by atoms with Crippen LogP contribution < -0.4 is 5.32 Å². The standard InChI is InChI=1S/C16H20N2O4/c1-3-22-15(20)13-11(2)18(9-10-19)16(21)17-14(13)12-7-5-4-6-8-12/h4-8,14,19H,3,9-10H2,1-2H3,(H,17,21)/t14-/m0/s1. The summed E-state index contributed by atoms with van der Waals surface area (Å²) in [5, 5.41) is 11.9. The SMILES string of the molecule is CCOC(=O)C1=C(C)N(CCO)C(=O)N[C@H]1c1ccccc1. The summed E-state index contributed by atoms with van der Waals surface area (Å²) in [5.74, 6) is -0.461. The van der Waals surface area contributed by atoms with Gasteiger partial charge in [-0.05, 0) is 19.4 Å². The number of ether oxygens (including phenoxy) is 1. The van der Waals surface area contributed by atoms with Crippen LogP contribution in [0.5, 0.6) is 0 Å². The average molecular weight is 304 g/mol. The second-order valence-corrected chi connectivity index (χ2v) is 4.89. The van der Waals surface area contributed by atoms with Gasteiger partial charge in [-0.1, -0.05) is 30.3 Å². The Labute approximate surface area is 129 Å². The second-order valence-electron chi connectivity index (χ2n) is 4.89. The zero-order valence-electron chi connectivity index (χ0n) is 12.7. The van der Waals surface area contributed by atoms with Gasteiger partial charge in [-0.3, -0.25) is 4.90 Å². The summed E-state index contributed by atoms with van der Waals surface area (Å²) < 4.78 is 5.13. The molecule has 1 heterocycles. The number of β-amino-alcohol motifs (C(OH)–C–C–N with tert-alkyl or cyclic N) is 1. The first kappa shape index (κ1) is 16.0. The van der Waals surface area contributed by atoms with Crippen LogP contribution in [0.15, 0.2) is 41.6 Å². The number of hydrogen-bond donors (Lipinski definition) is 2. The summed E-state index contributed by atoms with van der Waals surface area (Å²) >= 11 is 0. The van der Waals surface area contributed by atoms with Gasteiger partial charge in [0.1, 0.15) is 0 Å². The molecule has 1 atom stereocenters. The van der Waals surface area contributed by atoms with Gasteiger partial charge in [-0.2, -0.15) is 0 Å². The number of esters is 1. The largest absolute Gasteiger partial charge is 0.463 e. The van der Waals surface area contributed by atoms with Gasteiger partial charge in [0.25, 0.3) is 0 Å². The van der Waals surface area contributed by atoms with E-state index in [9.17, 15) is 9.59 Å². The van der Waals surface area contributed by atoms with E-state index >= 15 is 0 Å². The Morgan fingerprint density at radius 2 is 2.05 bits per heavy atom. The van der Waals surface area contributed by atoms with Gasteiger partial charge in [0.05, 0.1) is 31.4 Å². The predicted molar refractivity (Wildman–Crippen MR) is 80.8 cm³/mol. The predicted octanol–water partition coefficient (Wildman–Crippen LogP) is 1.58. The first-order chi connectivity index (χ1) is 10.6. The molecule has 1 aromatic carbocycles. The van der Waals surface area contributed by atoms with Crippen molar-refractivity contribution >= 4 is 12.0 Å². The smallest absolute Gasteiger partial charge is 0.338 e. The molecule has 0 spiro atoms. The highest BCUT2D eigenvalue weighted by molar-refractivity contribution is 5.95. The summed E-state index contributed by atoms with van der Waals surface area (Å²) in [6.07, 6.45) is 0. The molecule has 0 aromatic heterocycles. The molecule has 0 fully saturated rings. The van der Waals surface area contributed by atoms with Gasteiger partial charge < -0.3 is 15.2 Å². The molecule has 0 saturated heterocycles. The highest BCUT2D eigenvalue weighted by atomic mass is 16.5. The lowest BCUT2D eigenvalue weighted by Crippen LogP contribution is -2.48. The van der Waals surface area contributed by atoms with Crippen molar-refractivity contribution in [3.8, 4) is 0 Å². The highest BCUT2D eigenvalue weighted by Crippen LogP contribution is 2.30. The Hall–Kier alpha value is -2.34. The minimum Gasteiger partial charge on any atom is -0.463 e. The molecule has 0 unspecified atom stereocenters. The van der Waals surface area contributed by atoms with Gasteiger partial charge in [-0.25, -0.2) is 9.59 Å². The summed E-state index contributed by atoms with van der Waals surface area (Å²) in [5.41, 5.74) is 1.70. The lowest BCUT2D eigenvalue weighted by atomic mass is 9.95. The van der Waals surface area contributed by atoms with Crippen molar-refractivity contribution in [1.29, 1.82) is 0 Å². The number of carbonyl (C=O) groups excluding carboxylic acids is 2. The maximum atomic E-state index is 12.3. The molecule has 0 bridgehead atoms. The summed E-state index contributed by atoms with van der Waals surface area (Å²) in [4.78, 5) is 25.9. The number of carbonyl (C=O) groups is 2. The normalized spacial score (nSPS) is 18.2. The Bertz CT molecular complexity index is 583. The van der Waals surface area contributed by atoms with Crippen LogP contribution in [0, 0.1) is 0 Å². The van der Waals surface area contributed by atoms with Crippen molar-refractivity contribution in [3.63, 3.8) is 0 Å². The molecule has 1 aliphatic rings. The Morgan fingerprint density at radius 1 is 1.36 bits per heavy atom. The topological polar surface area (TPSA) is 78.9 Å². The van der Waals surface area contributed by atoms with E-state index in [1.165, 1.54) is 4.90 Å². The van der Waals surface area contributed by atoms with Crippen LogP contribution in [0.1, 0.15) is 25.5 Å². The van der Waals surface area contributed by atoms with E-state index in [1.54, 1.807) is 13.8 Å². The van der Waals surface area contributed by atoms with Crippen LogP contribution in [-0.4, -0.2) is 41.8 Å². The molecule has 0 radical (unpaired) electrons. The molecule has 2 rings (SSSR count). The van der Waals surface area contributed by atoms with Crippen molar-refractivity contribution in [1.82, 2.24) is 10.2 Å². The van der Waals surface area contributed by atoms with Crippen LogP contribution in [0.3, 0.4) is 0 Å². The van der Waals surface area contributed by atoms with Crippen molar-refractivity contribution in [2.75, 3.05) is 19.8 Å². The molecule has 22 heavy (non-hydrogen) atoms. The number of nitrogens with zero attached hydrogens (tertiary/aromatic N) is 1. The van der Waals surface area contributed by atoms with Crippen molar-refractivity contribution < 1.29 is 19.4 Å². The molecule has 1 aliphatic heterocycles. The van der Waals surface area contributed by atoms with Crippen molar-refractivity contribution in [2.45, 2.75) is 19.9 Å². The van der Waals surface area contributed by atoms with Crippen molar-refractivity contribution in [2.24, 2.45) is 0 Å². The maximum absolute atomic E-state index is 12.3. The number of amides is 2. The quantitative estimate of drug-likeness (QED) is 0.810. The molecule has 1 aromatic rings. The molecule has 0 aliphatic carbocycles. The summed E-state index contributed by atoms with van der Waals surface area (Å²) in [7, 11) is 0. The van der Waals surface area contributed by atoms with Gasteiger partial charge in [-0.15, -0.1) is 0 Å². The van der Waals surface area contributed by atoms with E-state index in [4.69, 9.17) is 9.84 Å². The van der Waals surface area contributed by atoms with E-state index in [-0.39, 0.29) is 25.8 Å². The van der Waals surface area contributed by atoms with Crippen LogP contribution >= 0.6 is 0 Å². The van der Waals surface area contributed by atoms with Gasteiger partial charge in [0, 0.05) is 5.70 Å². The lowest BCUT2D eigenvalue weighted by Gasteiger charge is -2.35. The van der Waals surface area contributed by atoms with Crippen LogP contribution in [0.2, 0.25) is 0 Å². The van der Waals surface area contributed by atoms with E-state index in [0.29, 0.717) is 11.3 Å². The van der Waals surface area contributed by atoms with E-state index in [0.717, 1.165) is 5.56 Å². The van der Waals surface area contributed by atoms with Gasteiger partial charge in [0.15, 0.2) is 0 Å². The zero-order valence-corrected chi connectivity index (χ0v) is 12.7. The third kappa shape index (κ3) is 3.12. The molecule has 6 heteroatoms. The summed E-state index contributed by atoms with van der Waals surface area (Å²) in [6.45, 7) is 3.62. The number of allylic oxidation sites excluding steroid dienone is 1. The van der Waals surface area contributed by atoms with E-state index < -0.39 is 12.0 Å². The van der Waals surface area contributed by atoms with E-state index in [2.05, 4.69) is 5.32 Å². The fraction of sp³-hybridized carbons (Fsp3) is 0.375. The Kier molecular flexibility index (Phi) is 5.16. The molecule has 2 amide bonds. The molecule has 118 valence electrons. The average Bonchev–Trinajstić information content (AvgIpc) is 2.52.